The molecule has 0 atom stereocenters. The van der Waals surface area contributed by atoms with Gasteiger partial charge in [-0.25, -0.2) is 9.37 Å². The lowest BCUT2D eigenvalue weighted by Crippen LogP contribution is -2.21. The second-order valence-corrected chi connectivity index (χ2v) is 8.68. The summed E-state index contributed by atoms with van der Waals surface area (Å²) >= 11 is 0. The number of aromatic nitrogens is 2. The maximum Gasteiger partial charge on any atom is 0.244 e. The molecule has 2 heterocycles. The molecule has 0 bridgehead atoms. The third-order valence-corrected chi connectivity index (χ3v) is 6.34. The van der Waals surface area contributed by atoms with Crippen molar-refractivity contribution in [1.82, 2.24) is 15.3 Å². The zero-order chi connectivity index (χ0) is 24.5. The minimum Gasteiger partial charge on any atom is -0.353 e. The van der Waals surface area contributed by atoms with E-state index >= 15 is 0 Å². The molecular weight excluding hydrogens is 449 g/mol. The van der Waals surface area contributed by atoms with Crippen LogP contribution in [0.1, 0.15) is 11.3 Å². The first-order valence-electron chi connectivity index (χ1n) is 11.8. The van der Waals surface area contributed by atoms with Gasteiger partial charge in [0, 0.05) is 27.9 Å². The minimum absolute atomic E-state index is 0.244. The molecule has 0 aliphatic heterocycles. The van der Waals surface area contributed by atoms with Crippen LogP contribution in [0, 0.1) is 5.82 Å². The second kappa shape index (κ2) is 9.12. The number of benzene rings is 4. The van der Waals surface area contributed by atoms with Gasteiger partial charge in [0.25, 0.3) is 0 Å². The number of halogens is 1. The van der Waals surface area contributed by atoms with Crippen molar-refractivity contribution < 1.29 is 9.18 Å². The van der Waals surface area contributed by atoms with Gasteiger partial charge < -0.3 is 10.3 Å². The lowest BCUT2D eigenvalue weighted by molar-refractivity contribution is -0.116. The highest BCUT2D eigenvalue weighted by atomic mass is 19.1. The maximum absolute atomic E-state index is 13.1. The molecule has 5 heteroatoms. The summed E-state index contributed by atoms with van der Waals surface area (Å²) < 4.78 is 13.1. The number of carbonyl (C=O) groups excluding carboxylic acids is 1. The Morgan fingerprint density at radius 3 is 2.47 bits per heavy atom. The van der Waals surface area contributed by atoms with Crippen LogP contribution >= 0.6 is 0 Å². The van der Waals surface area contributed by atoms with Gasteiger partial charge in [-0.05, 0) is 46.7 Å². The first-order chi connectivity index (χ1) is 17.7. The summed E-state index contributed by atoms with van der Waals surface area (Å²) in [6.07, 6.45) is 3.11. The van der Waals surface area contributed by atoms with Crippen LogP contribution in [-0.2, 0) is 11.3 Å². The molecule has 0 radical (unpaired) electrons. The number of pyridine rings is 1. The molecule has 0 fully saturated rings. The Morgan fingerprint density at radius 2 is 1.61 bits per heavy atom. The van der Waals surface area contributed by atoms with Gasteiger partial charge in [-0.15, -0.1) is 0 Å². The molecule has 0 aliphatic rings. The van der Waals surface area contributed by atoms with Crippen molar-refractivity contribution in [2.24, 2.45) is 0 Å². The van der Waals surface area contributed by atoms with Crippen LogP contribution in [0.25, 0.3) is 49.9 Å². The Hall–Kier alpha value is -4.77. The van der Waals surface area contributed by atoms with Crippen molar-refractivity contribution in [3.8, 4) is 11.3 Å². The fraction of sp³-hybridized carbons (Fsp3) is 0.0323. The molecule has 0 saturated carbocycles. The van der Waals surface area contributed by atoms with Gasteiger partial charge in [0.15, 0.2) is 0 Å². The average molecular weight is 472 g/mol. The van der Waals surface area contributed by atoms with E-state index in [0.29, 0.717) is 0 Å². The number of rotatable bonds is 5. The third-order valence-electron chi connectivity index (χ3n) is 6.34. The fourth-order valence-corrected chi connectivity index (χ4v) is 4.60. The first-order valence-corrected chi connectivity index (χ1v) is 11.8. The van der Waals surface area contributed by atoms with Gasteiger partial charge in [0.2, 0.25) is 5.91 Å². The Morgan fingerprint density at radius 1 is 0.861 bits per heavy atom. The zero-order valence-corrected chi connectivity index (χ0v) is 19.3. The number of para-hydroxylation sites is 1. The van der Waals surface area contributed by atoms with Gasteiger partial charge in [-0.1, -0.05) is 72.8 Å². The Balaban J connectivity index is 1.39. The molecule has 0 aliphatic carbocycles. The Kier molecular flexibility index (Phi) is 5.51. The summed E-state index contributed by atoms with van der Waals surface area (Å²) in [6.45, 7) is 0.278. The summed E-state index contributed by atoms with van der Waals surface area (Å²) in [5.74, 6) is -0.552. The van der Waals surface area contributed by atoms with Crippen LogP contribution in [0.4, 0.5) is 4.39 Å². The lowest BCUT2D eigenvalue weighted by Gasteiger charge is -2.10. The van der Waals surface area contributed by atoms with Gasteiger partial charge in [-0.2, -0.15) is 0 Å². The van der Waals surface area contributed by atoms with Crippen molar-refractivity contribution in [1.29, 1.82) is 0 Å². The van der Waals surface area contributed by atoms with E-state index in [-0.39, 0.29) is 18.3 Å². The van der Waals surface area contributed by atoms with Crippen LogP contribution in [0.2, 0.25) is 0 Å². The van der Waals surface area contributed by atoms with Crippen LogP contribution in [-0.4, -0.2) is 15.9 Å². The summed E-state index contributed by atoms with van der Waals surface area (Å²) in [4.78, 5) is 21.1. The first kappa shape index (κ1) is 21.7. The van der Waals surface area contributed by atoms with Gasteiger partial charge >= 0.3 is 0 Å². The highest BCUT2D eigenvalue weighted by Gasteiger charge is 2.15. The molecule has 4 nitrogen and oxygen atoms in total. The Labute approximate surface area is 207 Å². The van der Waals surface area contributed by atoms with E-state index in [0.717, 1.165) is 55.1 Å². The number of nitrogens with one attached hydrogen (secondary N) is 2. The number of fused-ring (bicyclic) bond motifs is 4. The average Bonchev–Trinajstić information content (AvgIpc) is 3.29. The normalized spacial score (nSPS) is 11.6. The summed E-state index contributed by atoms with van der Waals surface area (Å²) in [5, 5.41) is 7.37. The van der Waals surface area contributed by atoms with Crippen LogP contribution < -0.4 is 5.32 Å². The standard InChI is InChI=1S/C31H22FN3O/c32-22-15-12-20(13-16-22)14-17-29(36)33-19-23-18-27-25-9-3-4-11-28(25)35-31(27)30(34-23)26-10-5-7-21-6-1-2-8-24(21)26/h1-18,35H,19H2,(H,33,36)/b17-14+. The number of hydrogen-bond donors (Lipinski definition) is 2. The quantitative estimate of drug-likeness (QED) is 0.266. The summed E-state index contributed by atoms with van der Waals surface area (Å²) in [7, 11) is 0. The van der Waals surface area contributed by atoms with E-state index in [1.807, 2.05) is 36.4 Å². The number of amides is 1. The fourth-order valence-electron chi connectivity index (χ4n) is 4.60. The predicted molar refractivity (Wildman–Crippen MR) is 144 cm³/mol. The molecule has 4 aromatic carbocycles. The SMILES string of the molecule is O=C(/C=C/c1ccc(F)cc1)NCc1cc2c([nH]c3ccccc32)c(-c2cccc3ccccc23)n1. The smallest absolute Gasteiger partial charge is 0.244 e. The number of H-pyrrole nitrogens is 1. The molecule has 0 unspecified atom stereocenters. The highest BCUT2D eigenvalue weighted by molar-refractivity contribution is 6.13. The lowest BCUT2D eigenvalue weighted by atomic mass is 10.00. The van der Waals surface area contributed by atoms with E-state index in [2.05, 4.69) is 46.7 Å². The Bertz CT molecular complexity index is 1760. The minimum atomic E-state index is -0.308. The summed E-state index contributed by atoms with van der Waals surface area (Å²) in [6, 6.07) is 30.7. The maximum atomic E-state index is 13.1. The number of hydrogen-bond acceptors (Lipinski definition) is 2. The van der Waals surface area contributed by atoms with Gasteiger partial charge in [0.05, 0.1) is 23.4 Å². The van der Waals surface area contributed by atoms with Crippen molar-refractivity contribution in [3.05, 3.63) is 120 Å². The molecule has 6 rings (SSSR count). The second-order valence-electron chi connectivity index (χ2n) is 8.68. The topological polar surface area (TPSA) is 57.8 Å². The van der Waals surface area contributed by atoms with Crippen LogP contribution in [0.5, 0.6) is 0 Å². The van der Waals surface area contributed by atoms with Crippen LogP contribution in [0.15, 0.2) is 103 Å². The largest absolute Gasteiger partial charge is 0.353 e. The molecular formula is C31H22FN3O. The molecule has 0 saturated heterocycles. The molecule has 174 valence electrons. The number of nitrogens with zero attached hydrogens (tertiary/aromatic N) is 1. The van der Waals surface area contributed by atoms with Crippen molar-refractivity contribution in [2.75, 3.05) is 0 Å². The van der Waals surface area contributed by atoms with E-state index in [1.54, 1.807) is 18.2 Å². The molecule has 1 amide bonds. The number of aromatic amines is 1. The van der Waals surface area contributed by atoms with Gasteiger partial charge in [-0.3, -0.25) is 4.79 Å². The van der Waals surface area contributed by atoms with E-state index in [9.17, 15) is 9.18 Å². The predicted octanol–water partition coefficient (Wildman–Crippen LogP) is 7.01. The third kappa shape index (κ3) is 4.12. The van der Waals surface area contributed by atoms with Crippen molar-refractivity contribution in [2.45, 2.75) is 6.54 Å². The monoisotopic (exact) mass is 471 g/mol. The zero-order valence-electron chi connectivity index (χ0n) is 19.3. The van der Waals surface area contributed by atoms with Crippen molar-refractivity contribution in [3.63, 3.8) is 0 Å². The van der Waals surface area contributed by atoms with E-state index in [4.69, 9.17) is 4.98 Å². The van der Waals surface area contributed by atoms with E-state index < -0.39 is 0 Å². The summed E-state index contributed by atoms with van der Waals surface area (Å²) in [5.41, 5.74) is 5.42. The van der Waals surface area contributed by atoms with Crippen LogP contribution in [0.3, 0.4) is 0 Å². The molecule has 6 aromatic rings. The molecule has 2 N–H and O–H groups in total. The highest BCUT2D eigenvalue weighted by Crippen LogP contribution is 2.35. The van der Waals surface area contributed by atoms with Crippen molar-refractivity contribution >= 4 is 44.6 Å². The molecule has 2 aromatic heterocycles. The van der Waals surface area contributed by atoms with Gasteiger partial charge in [0.1, 0.15) is 5.82 Å². The van der Waals surface area contributed by atoms with E-state index in [1.165, 1.54) is 18.2 Å². The molecule has 0 spiro atoms. The molecule has 36 heavy (non-hydrogen) atoms. The number of carbonyl (C=O) groups is 1.